The van der Waals surface area contributed by atoms with E-state index in [-0.39, 0.29) is 28.5 Å². The second kappa shape index (κ2) is 7.34. The van der Waals surface area contributed by atoms with Gasteiger partial charge < -0.3 is 10.2 Å². The number of hydrogen-bond donors (Lipinski definition) is 1. The van der Waals surface area contributed by atoms with Gasteiger partial charge >= 0.3 is 0 Å². The lowest BCUT2D eigenvalue weighted by atomic mass is 9.80. The Balaban J connectivity index is 1.57. The van der Waals surface area contributed by atoms with Gasteiger partial charge in [0, 0.05) is 49.3 Å². The molecular formula is C20H22N4O3. The fraction of sp³-hybridized carbons (Fsp3) is 0.400. The lowest BCUT2D eigenvalue weighted by molar-refractivity contribution is -0.384. The molecule has 27 heavy (non-hydrogen) atoms. The molecule has 7 heteroatoms. The summed E-state index contributed by atoms with van der Waals surface area (Å²) in [6, 6.07) is 8.96. The van der Waals surface area contributed by atoms with Crippen LogP contribution in [0.4, 0.5) is 11.4 Å². The number of aromatic nitrogens is 1. The van der Waals surface area contributed by atoms with E-state index in [1.165, 1.54) is 0 Å². The number of piperidine rings is 1. The van der Waals surface area contributed by atoms with Gasteiger partial charge in [-0.1, -0.05) is 6.07 Å². The molecule has 0 bridgehead atoms. The van der Waals surface area contributed by atoms with Crippen LogP contribution in [0.25, 0.3) is 0 Å². The zero-order valence-corrected chi connectivity index (χ0v) is 15.0. The average molecular weight is 366 g/mol. The summed E-state index contributed by atoms with van der Waals surface area (Å²) in [6.45, 7) is 1.33. The second-order valence-corrected chi connectivity index (χ2v) is 7.22. The van der Waals surface area contributed by atoms with Crippen molar-refractivity contribution in [1.82, 2.24) is 10.3 Å². The van der Waals surface area contributed by atoms with E-state index in [1.807, 2.05) is 18.2 Å². The predicted molar refractivity (Wildman–Crippen MR) is 101 cm³/mol. The van der Waals surface area contributed by atoms with Crippen molar-refractivity contribution in [2.24, 2.45) is 5.92 Å². The summed E-state index contributed by atoms with van der Waals surface area (Å²) in [5.74, 6) is -0.190. The molecule has 1 aromatic carbocycles. The lowest BCUT2D eigenvalue weighted by Gasteiger charge is -2.45. The van der Waals surface area contributed by atoms with Crippen molar-refractivity contribution >= 4 is 17.3 Å². The zero-order valence-electron chi connectivity index (χ0n) is 15.0. The van der Waals surface area contributed by atoms with Crippen LogP contribution in [0.3, 0.4) is 0 Å². The van der Waals surface area contributed by atoms with Crippen molar-refractivity contribution in [3.8, 4) is 0 Å². The number of rotatable bonds is 4. The van der Waals surface area contributed by atoms with Crippen LogP contribution in [0.1, 0.15) is 30.4 Å². The summed E-state index contributed by atoms with van der Waals surface area (Å²) in [7, 11) is 0. The molecule has 2 atom stereocenters. The maximum Gasteiger partial charge on any atom is 0.269 e. The zero-order chi connectivity index (χ0) is 18.8. The van der Waals surface area contributed by atoms with Crippen LogP contribution in [0, 0.1) is 16.0 Å². The van der Waals surface area contributed by atoms with Crippen LogP contribution < -0.4 is 10.2 Å². The van der Waals surface area contributed by atoms with Gasteiger partial charge in [-0.25, -0.2) is 0 Å². The predicted octanol–water partition coefficient (Wildman–Crippen LogP) is 2.84. The maximum absolute atomic E-state index is 13.0. The molecule has 1 amide bonds. The normalized spacial score (nSPS) is 21.1. The molecule has 0 aliphatic carbocycles. The van der Waals surface area contributed by atoms with E-state index in [2.05, 4.69) is 15.2 Å². The first-order valence-corrected chi connectivity index (χ1v) is 9.34. The minimum absolute atomic E-state index is 0.00732. The molecule has 3 heterocycles. The SMILES string of the molecule is O=C(NCc1cccnc1)C1Cc2cc([N+](=O)[O-])ccc2N2CCCCC12. The van der Waals surface area contributed by atoms with E-state index in [4.69, 9.17) is 0 Å². The number of nitro benzene ring substituents is 1. The number of nitrogens with zero attached hydrogens (tertiary/aromatic N) is 3. The number of nitro groups is 1. The third-order valence-electron chi connectivity index (χ3n) is 5.56. The molecule has 0 saturated carbocycles. The number of benzene rings is 1. The molecule has 1 fully saturated rings. The quantitative estimate of drug-likeness (QED) is 0.664. The monoisotopic (exact) mass is 366 g/mol. The van der Waals surface area contributed by atoms with E-state index >= 15 is 0 Å². The van der Waals surface area contributed by atoms with Crippen LogP contribution in [0.15, 0.2) is 42.7 Å². The maximum atomic E-state index is 13.0. The van der Waals surface area contributed by atoms with Gasteiger partial charge in [0.25, 0.3) is 5.69 Å². The molecule has 140 valence electrons. The van der Waals surface area contributed by atoms with E-state index in [0.717, 1.165) is 42.6 Å². The van der Waals surface area contributed by atoms with Crippen molar-refractivity contribution in [2.45, 2.75) is 38.3 Å². The summed E-state index contributed by atoms with van der Waals surface area (Å²) in [5, 5.41) is 14.2. The van der Waals surface area contributed by atoms with E-state index < -0.39 is 0 Å². The number of anilines is 1. The number of carbonyl (C=O) groups is 1. The van der Waals surface area contributed by atoms with Crippen molar-refractivity contribution in [1.29, 1.82) is 0 Å². The van der Waals surface area contributed by atoms with Crippen molar-refractivity contribution < 1.29 is 9.72 Å². The van der Waals surface area contributed by atoms with Gasteiger partial charge in [0.05, 0.1) is 10.8 Å². The highest BCUT2D eigenvalue weighted by Crippen LogP contribution is 2.39. The molecule has 1 saturated heterocycles. The molecule has 2 aliphatic rings. The molecule has 2 aliphatic heterocycles. The molecule has 7 nitrogen and oxygen atoms in total. The van der Waals surface area contributed by atoms with Gasteiger partial charge in [0.2, 0.25) is 5.91 Å². The number of pyridine rings is 1. The van der Waals surface area contributed by atoms with E-state index in [0.29, 0.717) is 13.0 Å². The highest BCUT2D eigenvalue weighted by atomic mass is 16.6. The summed E-state index contributed by atoms with van der Waals surface area (Å²) in [4.78, 5) is 30.1. The number of non-ortho nitro benzene ring substituents is 1. The number of carbonyl (C=O) groups excluding carboxylic acids is 1. The standard InChI is InChI=1S/C20H22N4O3/c25-20(22-13-14-4-3-8-21-12-14)17-11-15-10-16(24(26)27)6-7-18(15)23-9-2-1-5-19(17)23/h3-4,6-8,10,12,17,19H,1-2,5,9,11,13H2,(H,22,25). The fourth-order valence-corrected chi connectivity index (χ4v) is 4.27. The summed E-state index contributed by atoms with van der Waals surface area (Å²) in [6.07, 6.45) is 7.15. The van der Waals surface area contributed by atoms with Crippen molar-refractivity contribution in [2.75, 3.05) is 11.4 Å². The Morgan fingerprint density at radius 1 is 1.33 bits per heavy atom. The molecular weight excluding hydrogens is 344 g/mol. The summed E-state index contributed by atoms with van der Waals surface area (Å²) in [5.41, 5.74) is 2.97. The fourth-order valence-electron chi connectivity index (χ4n) is 4.27. The van der Waals surface area contributed by atoms with Gasteiger partial charge in [-0.2, -0.15) is 0 Å². The first-order valence-electron chi connectivity index (χ1n) is 9.34. The Labute approximate surface area is 157 Å². The molecule has 1 N–H and O–H groups in total. The number of fused-ring (bicyclic) bond motifs is 3. The topological polar surface area (TPSA) is 88.4 Å². The summed E-state index contributed by atoms with van der Waals surface area (Å²) < 4.78 is 0. The van der Waals surface area contributed by atoms with E-state index in [1.54, 1.807) is 24.5 Å². The van der Waals surface area contributed by atoms with Crippen molar-refractivity contribution in [3.05, 3.63) is 64.0 Å². The molecule has 2 unspecified atom stereocenters. The van der Waals surface area contributed by atoms with Gasteiger partial charge in [0.15, 0.2) is 0 Å². The third kappa shape index (κ3) is 3.49. The molecule has 2 aromatic rings. The van der Waals surface area contributed by atoms with Gasteiger partial charge in [0.1, 0.15) is 0 Å². The number of amides is 1. The Hall–Kier alpha value is -2.96. The Morgan fingerprint density at radius 2 is 2.22 bits per heavy atom. The minimum Gasteiger partial charge on any atom is -0.368 e. The Kier molecular flexibility index (Phi) is 4.75. The first-order chi connectivity index (χ1) is 13.1. The van der Waals surface area contributed by atoms with Crippen LogP contribution in [-0.4, -0.2) is 28.4 Å². The third-order valence-corrected chi connectivity index (χ3v) is 5.56. The number of nitrogens with one attached hydrogen (secondary N) is 1. The highest BCUT2D eigenvalue weighted by molar-refractivity contribution is 5.82. The second-order valence-electron chi connectivity index (χ2n) is 7.22. The largest absolute Gasteiger partial charge is 0.368 e. The molecule has 0 radical (unpaired) electrons. The van der Waals surface area contributed by atoms with Gasteiger partial charge in [-0.05, 0) is 48.9 Å². The van der Waals surface area contributed by atoms with Crippen LogP contribution >= 0.6 is 0 Å². The first kappa shape index (κ1) is 17.5. The Bertz CT molecular complexity index is 856. The average Bonchev–Trinajstić information content (AvgIpc) is 2.71. The molecule has 4 rings (SSSR count). The number of hydrogen-bond acceptors (Lipinski definition) is 5. The smallest absolute Gasteiger partial charge is 0.269 e. The van der Waals surface area contributed by atoms with Gasteiger partial charge in [-0.15, -0.1) is 0 Å². The van der Waals surface area contributed by atoms with E-state index in [9.17, 15) is 14.9 Å². The van der Waals surface area contributed by atoms with Crippen LogP contribution in [0.2, 0.25) is 0 Å². The molecule has 1 aromatic heterocycles. The van der Waals surface area contributed by atoms with Crippen molar-refractivity contribution in [3.63, 3.8) is 0 Å². The Morgan fingerprint density at radius 3 is 3.00 bits per heavy atom. The summed E-state index contributed by atoms with van der Waals surface area (Å²) >= 11 is 0. The van der Waals surface area contributed by atoms with Gasteiger partial charge in [-0.3, -0.25) is 19.9 Å². The lowest BCUT2D eigenvalue weighted by Crippen LogP contribution is -2.53. The van der Waals surface area contributed by atoms with Crippen LogP contribution in [-0.2, 0) is 17.8 Å². The van der Waals surface area contributed by atoms with Crippen LogP contribution in [0.5, 0.6) is 0 Å². The highest BCUT2D eigenvalue weighted by Gasteiger charge is 2.39. The minimum atomic E-state index is -0.375. The molecule has 0 spiro atoms.